The molecule has 1 aromatic carbocycles. The van der Waals surface area contributed by atoms with E-state index in [0.29, 0.717) is 30.2 Å². The van der Waals surface area contributed by atoms with Crippen LogP contribution in [-0.4, -0.2) is 29.3 Å². The molecule has 0 aliphatic heterocycles. The van der Waals surface area contributed by atoms with Gasteiger partial charge in [0, 0.05) is 30.0 Å². The van der Waals surface area contributed by atoms with Gasteiger partial charge in [0.15, 0.2) is 0 Å². The van der Waals surface area contributed by atoms with Gasteiger partial charge < -0.3 is 15.2 Å². The summed E-state index contributed by atoms with van der Waals surface area (Å²) in [5.74, 6) is 1.77. The predicted octanol–water partition coefficient (Wildman–Crippen LogP) is 2.59. The van der Waals surface area contributed by atoms with Crippen LogP contribution in [0.3, 0.4) is 0 Å². The second kappa shape index (κ2) is 9.27. The van der Waals surface area contributed by atoms with Gasteiger partial charge in [-0.3, -0.25) is 9.59 Å². The molecule has 2 rings (SSSR count). The first-order valence-electron chi connectivity index (χ1n) is 8.14. The van der Waals surface area contributed by atoms with E-state index < -0.39 is 0 Å². The number of nitrogens with zero attached hydrogens (tertiary/aromatic N) is 1. The lowest BCUT2D eigenvalue weighted by Crippen LogP contribution is -2.25. The molecule has 0 fully saturated rings. The highest BCUT2D eigenvalue weighted by molar-refractivity contribution is 7.99. The first-order chi connectivity index (χ1) is 12.0. The molecule has 1 aromatic heterocycles. The second-order valence-electron chi connectivity index (χ2n) is 5.63. The molecular formula is C18H23N3O3S. The minimum Gasteiger partial charge on any atom is -0.361 e. The van der Waals surface area contributed by atoms with Gasteiger partial charge in [-0.25, -0.2) is 0 Å². The predicted molar refractivity (Wildman–Crippen MR) is 98.4 cm³/mol. The number of carbonyl (C=O) groups excluding carboxylic acids is 2. The van der Waals surface area contributed by atoms with Gasteiger partial charge in [0.1, 0.15) is 5.76 Å². The quantitative estimate of drug-likeness (QED) is 0.755. The van der Waals surface area contributed by atoms with Crippen molar-refractivity contribution in [2.24, 2.45) is 0 Å². The highest BCUT2D eigenvalue weighted by Gasteiger charge is 2.10. The molecule has 0 bridgehead atoms. The van der Waals surface area contributed by atoms with Crippen molar-refractivity contribution in [3.05, 3.63) is 52.4 Å². The van der Waals surface area contributed by atoms with E-state index in [9.17, 15) is 9.59 Å². The number of hydrogen-bond donors (Lipinski definition) is 2. The van der Waals surface area contributed by atoms with E-state index in [-0.39, 0.29) is 11.8 Å². The van der Waals surface area contributed by atoms with E-state index in [1.165, 1.54) is 11.8 Å². The summed E-state index contributed by atoms with van der Waals surface area (Å²) >= 11 is 1.53. The highest BCUT2D eigenvalue weighted by Crippen LogP contribution is 2.19. The molecule has 0 radical (unpaired) electrons. The lowest BCUT2D eigenvalue weighted by atomic mass is 10.1. The van der Waals surface area contributed by atoms with Gasteiger partial charge in [-0.15, -0.1) is 11.8 Å². The van der Waals surface area contributed by atoms with Crippen LogP contribution in [0.4, 0.5) is 0 Å². The summed E-state index contributed by atoms with van der Waals surface area (Å²) in [6.45, 7) is 6.70. The summed E-state index contributed by atoms with van der Waals surface area (Å²) in [7, 11) is 0. The fourth-order valence-corrected chi connectivity index (χ4v) is 3.25. The summed E-state index contributed by atoms with van der Waals surface area (Å²) in [5.41, 5.74) is 3.50. The lowest BCUT2D eigenvalue weighted by molar-refractivity contribution is -0.118. The molecule has 0 atom stereocenters. The van der Waals surface area contributed by atoms with Crippen LogP contribution in [0.5, 0.6) is 0 Å². The molecular weight excluding hydrogens is 338 g/mol. The van der Waals surface area contributed by atoms with Gasteiger partial charge in [-0.2, -0.15) is 0 Å². The summed E-state index contributed by atoms with van der Waals surface area (Å²) in [5, 5.41) is 9.54. The topological polar surface area (TPSA) is 84.2 Å². The summed E-state index contributed by atoms with van der Waals surface area (Å²) in [6.07, 6.45) is 0. The van der Waals surface area contributed by atoms with Crippen molar-refractivity contribution in [1.82, 2.24) is 15.8 Å². The van der Waals surface area contributed by atoms with E-state index in [1.54, 1.807) is 12.1 Å². The SMILES string of the molecule is CCNC(=O)c1ccc(CNC(=O)CSCc2c(C)noc2C)cc1. The minimum absolute atomic E-state index is 0.0236. The second-order valence-corrected chi connectivity index (χ2v) is 6.61. The maximum Gasteiger partial charge on any atom is 0.251 e. The highest BCUT2D eigenvalue weighted by atomic mass is 32.2. The standard InChI is InChI=1S/C18H23N3O3S/c1-4-19-18(23)15-7-5-14(6-8-15)9-20-17(22)11-25-10-16-12(2)21-24-13(16)3/h5-8H,4,9-11H2,1-3H3,(H,19,23)(H,20,22). The Hall–Kier alpha value is -2.28. The Balaban J connectivity index is 1.73. The Bertz CT molecular complexity index is 706. The van der Waals surface area contributed by atoms with E-state index in [2.05, 4.69) is 15.8 Å². The molecule has 0 saturated heterocycles. The Morgan fingerprint density at radius 3 is 2.48 bits per heavy atom. The fourth-order valence-electron chi connectivity index (χ4n) is 2.24. The summed E-state index contributed by atoms with van der Waals surface area (Å²) in [4.78, 5) is 23.6. The Morgan fingerprint density at radius 1 is 1.16 bits per heavy atom. The van der Waals surface area contributed by atoms with Gasteiger partial charge >= 0.3 is 0 Å². The van der Waals surface area contributed by atoms with Crippen LogP contribution in [0.1, 0.15) is 39.9 Å². The van der Waals surface area contributed by atoms with Gasteiger partial charge in [-0.1, -0.05) is 17.3 Å². The van der Waals surface area contributed by atoms with Crippen LogP contribution in [0.25, 0.3) is 0 Å². The molecule has 0 unspecified atom stereocenters. The Labute approximate surface area is 151 Å². The zero-order valence-corrected chi connectivity index (χ0v) is 15.5. The molecule has 25 heavy (non-hydrogen) atoms. The Kier molecular flexibility index (Phi) is 7.06. The van der Waals surface area contributed by atoms with Crippen molar-refractivity contribution in [2.45, 2.75) is 33.1 Å². The molecule has 0 saturated carbocycles. The molecule has 7 heteroatoms. The number of aryl methyl sites for hydroxylation is 2. The molecule has 0 spiro atoms. The van der Waals surface area contributed by atoms with E-state index in [4.69, 9.17) is 4.52 Å². The molecule has 134 valence electrons. The van der Waals surface area contributed by atoms with Gasteiger partial charge in [0.2, 0.25) is 5.91 Å². The molecule has 2 amide bonds. The largest absolute Gasteiger partial charge is 0.361 e. The molecule has 0 aliphatic rings. The van der Waals surface area contributed by atoms with Crippen molar-refractivity contribution in [3.8, 4) is 0 Å². The maximum atomic E-state index is 11.9. The van der Waals surface area contributed by atoms with Crippen LogP contribution in [0, 0.1) is 13.8 Å². The number of amides is 2. The van der Waals surface area contributed by atoms with E-state index in [1.807, 2.05) is 32.9 Å². The van der Waals surface area contributed by atoms with Crippen molar-refractivity contribution in [3.63, 3.8) is 0 Å². The van der Waals surface area contributed by atoms with Gasteiger partial charge in [-0.05, 0) is 38.5 Å². The van der Waals surface area contributed by atoms with Gasteiger partial charge in [0.25, 0.3) is 5.91 Å². The number of hydrogen-bond acceptors (Lipinski definition) is 5. The molecule has 2 aromatic rings. The smallest absolute Gasteiger partial charge is 0.251 e. The molecule has 0 aliphatic carbocycles. The van der Waals surface area contributed by atoms with Crippen LogP contribution in [-0.2, 0) is 17.1 Å². The number of benzene rings is 1. The summed E-state index contributed by atoms with van der Waals surface area (Å²) in [6, 6.07) is 7.22. The van der Waals surface area contributed by atoms with Gasteiger partial charge in [0.05, 0.1) is 11.4 Å². The van der Waals surface area contributed by atoms with E-state index in [0.717, 1.165) is 22.6 Å². The van der Waals surface area contributed by atoms with Crippen LogP contribution < -0.4 is 10.6 Å². The summed E-state index contributed by atoms with van der Waals surface area (Å²) < 4.78 is 5.11. The average Bonchev–Trinajstić information content (AvgIpc) is 2.92. The third kappa shape index (κ3) is 5.63. The van der Waals surface area contributed by atoms with Crippen LogP contribution in [0.2, 0.25) is 0 Å². The van der Waals surface area contributed by atoms with E-state index >= 15 is 0 Å². The van der Waals surface area contributed by atoms with Crippen molar-refractivity contribution in [1.29, 1.82) is 0 Å². The number of thioether (sulfide) groups is 1. The van der Waals surface area contributed by atoms with Crippen molar-refractivity contribution < 1.29 is 14.1 Å². The zero-order valence-electron chi connectivity index (χ0n) is 14.7. The molecule has 6 nitrogen and oxygen atoms in total. The Morgan fingerprint density at radius 2 is 1.88 bits per heavy atom. The first-order valence-corrected chi connectivity index (χ1v) is 9.30. The van der Waals surface area contributed by atoms with Crippen LogP contribution in [0.15, 0.2) is 28.8 Å². The lowest BCUT2D eigenvalue weighted by Gasteiger charge is -2.07. The fraction of sp³-hybridized carbons (Fsp3) is 0.389. The van der Waals surface area contributed by atoms with Crippen molar-refractivity contribution >= 4 is 23.6 Å². The minimum atomic E-state index is -0.0891. The normalized spacial score (nSPS) is 10.5. The zero-order chi connectivity index (χ0) is 18.2. The third-order valence-electron chi connectivity index (χ3n) is 3.70. The van der Waals surface area contributed by atoms with Crippen molar-refractivity contribution in [2.75, 3.05) is 12.3 Å². The third-order valence-corrected chi connectivity index (χ3v) is 4.66. The molecule has 2 N–H and O–H groups in total. The molecule has 1 heterocycles. The number of carbonyl (C=O) groups is 2. The number of rotatable bonds is 8. The maximum absolute atomic E-state index is 11.9. The van der Waals surface area contributed by atoms with Crippen LogP contribution >= 0.6 is 11.8 Å². The monoisotopic (exact) mass is 361 g/mol. The average molecular weight is 361 g/mol. The number of nitrogens with one attached hydrogen (secondary N) is 2. The first kappa shape index (κ1) is 19.1. The number of aromatic nitrogens is 1.